The molecular weight excluding hydrogens is 716 g/mol. The third-order valence-electron chi connectivity index (χ3n) is 8.82. The molecule has 5 atom stereocenters. The Balaban J connectivity index is 1.52. The number of carbonyl (C=O) groups excluding carboxylic acids is 2. The smallest absolute Gasteiger partial charge is 0.338 e. The van der Waals surface area contributed by atoms with Gasteiger partial charge in [-0.2, -0.15) is 0 Å². The third kappa shape index (κ3) is 9.77. The van der Waals surface area contributed by atoms with Crippen LogP contribution in [0.1, 0.15) is 31.8 Å². The highest BCUT2D eigenvalue weighted by atomic mass is 16.7. The molecule has 55 heavy (non-hydrogen) atoms. The van der Waals surface area contributed by atoms with Crippen molar-refractivity contribution in [3.8, 4) is 34.5 Å². The summed E-state index contributed by atoms with van der Waals surface area (Å²) >= 11 is 0. The van der Waals surface area contributed by atoms with E-state index in [1.165, 1.54) is 74.0 Å². The van der Waals surface area contributed by atoms with Crippen LogP contribution in [0.15, 0.2) is 84.9 Å². The van der Waals surface area contributed by atoms with E-state index < -0.39 is 42.6 Å². The monoisotopic (exact) mass is 762 g/mol. The molecule has 0 bridgehead atoms. The second kappa shape index (κ2) is 19.7. The molecule has 0 aromatic heterocycles. The van der Waals surface area contributed by atoms with Crippen LogP contribution in [0.5, 0.6) is 34.5 Å². The van der Waals surface area contributed by atoms with Crippen molar-refractivity contribution >= 4 is 11.9 Å². The van der Waals surface area contributed by atoms with Crippen molar-refractivity contribution in [1.82, 2.24) is 0 Å². The van der Waals surface area contributed by atoms with E-state index in [-0.39, 0.29) is 53.9 Å². The molecule has 1 heterocycles. The molecule has 5 rings (SSSR count). The summed E-state index contributed by atoms with van der Waals surface area (Å²) in [6.07, 6.45) is -5.29. The highest BCUT2D eigenvalue weighted by Crippen LogP contribution is 2.40. The van der Waals surface area contributed by atoms with E-state index in [1.807, 2.05) is 60.7 Å². The van der Waals surface area contributed by atoms with Gasteiger partial charge in [-0.15, -0.1) is 0 Å². The van der Waals surface area contributed by atoms with E-state index in [4.69, 9.17) is 56.8 Å². The second-order valence-corrected chi connectivity index (χ2v) is 12.1. The Hall–Kier alpha value is -5.54. The molecule has 4 aromatic rings. The van der Waals surface area contributed by atoms with Gasteiger partial charge in [-0.3, -0.25) is 0 Å². The summed E-state index contributed by atoms with van der Waals surface area (Å²) in [6, 6.07) is 24.9. The second-order valence-electron chi connectivity index (χ2n) is 12.1. The van der Waals surface area contributed by atoms with Crippen molar-refractivity contribution in [3.05, 3.63) is 107 Å². The van der Waals surface area contributed by atoms with Crippen molar-refractivity contribution in [2.24, 2.45) is 0 Å². The van der Waals surface area contributed by atoms with Crippen LogP contribution in [-0.4, -0.2) is 99.0 Å². The molecule has 1 saturated heterocycles. The molecule has 0 amide bonds. The van der Waals surface area contributed by atoms with E-state index in [9.17, 15) is 9.59 Å². The first-order valence-corrected chi connectivity index (χ1v) is 17.3. The number of rotatable bonds is 18. The molecule has 294 valence electrons. The lowest BCUT2D eigenvalue weighted by atomic mass is 9.97. The predicted molar refractivity (Wildman–Crippen MR) is 197 cm³/mol. The van der Waals surface area contributed by atoms with Gasteiger partial charge in [0.1, 0.15) is 24.9 Å². The Morgan fingerprint density at radius 3 is 1.40 bits per heavy atom. The molecule has 0 unspecified atom stereocenters. The summed E-state index contributed by atoms with van der Waals surface area (Å²) in [6.45, 7) is -0.114. The zero-order valence-electron chi connectivity index (χ0n) is 31.8. The summed E-state index contributed by atoms with van der Waals surface area (Å²) in [4.78, 5) is 27.7. The fourth-order valence-corrected chi connectivity index (χ4v) is 6.07. The Morgan fingerprint density at radius 2 is 0.982 bits per heavy atom. The third-order valence-corrected chi connectivity index (χ3v) is 8.82. The van der Waals surface area contributed by atoms with Crippen molar-refractivity contribution in [2.45, 2.75) is 43.9 Å². The maximum Gasteiger partial charge on any atom is 0.338 e. The van der Waals surface area contributed by atoms with Gasteiger partial charge >= 0.3 is 11.9 Å². The van der Waals surface area contributed by atoms with Gasteiger partial charge in [-0.05, 0) is 35.4 Å². The lowest BCUT2D eigenvalue weighted by Gasteiger charge is -2.44. The summed E-state index contributed by atoms with van der Waals surface area (Å²) in [5.41, 5.74) is 1.93. The van der Waals surface area contributed by atoms with Crippen LogP contribution in [0.2, 0.25) is 0 Å². The van der Waals surface area contributed by atoms with Crippen LogP contribution in [-0.2, 0) is 41.6 Å². The maximum atomic E-state index is 14.1. The van der Waals surface area contributed by atoms with Gasteiger partial charge in [0.25, 0.3) is 0 Å². The quantitative estimate of drug-likeness (QED) is 0.115. The largest absolute Gasteiger partial charge is 0.493 e. The average molecular weight is 763 g/mol. The van der Waals surface area contributed by atoms with Crippen LogP contribution < -0.4 is 28.4 Å². The minimum Gasteiger partial charge on any atom is -0.493 e. The molecule has 0 saturated carbocycles. The fraction of sp³-hybridized carbons (Fsp3) is 0.366. The molecular formula is C41H46O14. The van der Waals surface area contributed by atoms with Gasteiger partial charge in [0.2, 0.25) is 11.5 Å². The van der Waals surface area contributed by atoms with Gasteiger partial charge in [0.15, 0.2) is 35.4 Å². The molecule has 14 heteroatoms. The number of carbonyl (C=O) groups is 2. The molecule has 1 aliphatic heterocycles. The molecule has 1 aliphatic rings. The van der Waals surface area contributed by atoms with Gasteiger partial charge in [-0.25, -0.2) is 9.59 Å². The lowest BCUT2D eigenvalue weighted by Crippen LogP contribution is -2.62. The Morgan fingerprint density at radius 1 is 0.545 bits per heavy atom. The van der Waals surface area contributed by atoms with E-state index in [0.29, 0.717) is 11.5 Å². The van der Waals surface area contributed by atoms with Crippen LogP contribution in [0, 0.1) is 0 Å². The van der Waals surface area contributed by atoms with Gasteiger partial charge < -0.3 is 56.8 Å². The zero-order chi connectivity index (χ0) is 39.3. The predicted octanol–water partition coefficient (Wildman–Crippen LogP) is 5.66. The van der Waals surface area contributed by atoms with Crippen molar-refractivity contribution in [2.75, 3.05) is 56.4 Å². The standard InChI is InChI=1S/C41H46O14/c1-44-29-18-27(19-30(45-2)34(29)48-5)39(42)53-24-33-36(55-40(43)28-20-31(46-3)35(49-6)32(21-28)47-4)37(51-22-25-14-10-8-11-15-25)38(41(50-7)54-33)52-23-26-16-12-9-13-17-26/h8-21,33,36-38,41H,22-24H2,1-7H3/t33-,36-,37+,38-,41+/m1/s1. The van der Waals surface area contributed by atoms with Gasteiger partial charge in [-0.1, -0.05) is 60.7 Å². The molecule has 14 nitrogen and oxygen atoms in total. The first kappa shape index (κ1) is 40.6. The number of hydrogen-bond donors (Lipinski definition) is 0. The van der Waals surface area contributed by atoms with Gasteiger partial charge in [0.05, 0.1) is 67.0 Å². The Labute approximate surface area is 319 Å². The summed E-state index contributed by atoms with van der Waals surface area (Å²) < 4.78 is 69.9. The molecule has 4 aromatic carbocycles. The highest BCUT2D eigenvalue weighted by molar-refractivity contribution is 5.92. The van der Waals surface area contributed by atoms with Crippen molar-refractivity contribution in [3.63, 3.8) is 0 Å². The van der Waals surface area contributed by atoms with Gasteiger partial charge in [0, 0.05) is 7.11 Å². The topological polar surface area (TPSA) is 145 Å². The minimum atomic E-state index is -1.21. The maximum absolute atomic E-state index is 14.1. The van der Waals surface area contributed by atoms with E-state index in [0.717, 1.165) is 11.1 Å². The molecule has 0 spiro atoms. The van der Waals surface area contributed by atoms with Crippen LogP contribution in [0.25, 0.3) is 0 Å². The van der Waals surface area contributed by atoms with Crippen molar-refractivity contribution in [1.29, 1.82) is 0 Å². The Bertz CT molecular complexity index is 1800. The van der Waals surface area contributed by atoms with Crippen molar-refractivity contribution < 1.29 is 66.4 Å². The van der Waals surface area contributed by atoms with Crippen LogP contribution >= 0.6 is 0 Å². The van der Waals surface area contributed by atoms with E-state index >= 15 is 0 Å². The minimum absolute atomic E-state index is 0.0834. The van der Waals surface area contributed by atoms with E-state index in [2.05, 4.69) is 0 Å². The summed E-state index contributed by atoms with van der Waals surface area (Å²) in [5.74, 6) is 0.0731. The SMILES string of the molecule is COc1cc(C(=O)OC[C@H]2O[C@H](OC)[C@H](OCc3ccccc3)[C@@H](OCc3ccccc3)[C@@H]2OC(=O)c2cc(OC)c(OC)c(OC)c2)cc(OC)c1OC. The van der Waals surface area contributed by atoms with Crippen LogP contribution in [0.3, 0.4) is 0 Å². The first-order valence-electron chi connectivity index (χ1n) is 17.3. The number of ether oxygens (including phenoxy) is 12. The summed E-state index contributed by atoms with van der Waals surface area (Å²) in [5, 5.41) is 0. The summed E-state index contributed by atoms with van der Waals surface area (Å²) in [7, 11) is 10.1. The molecule has 0 aliphatic carbocycles. The average Bonchev–Trinajstić information content (AvgIpc) is 3.23. The zero-order valence-corrected chi connectivity index (χ0v) is 31.8. The molecule has 0 radical (unpaired) electrons. The van der Waals surface area contributed by atoms with Crippen LogP contribution in [0.4, 0.5) is 0 Å². The first-order chi connectivity index (χ1) is 26.8. The number of hydrogen-bond acceptors (Lipinski definition) is 14. The fourth-order valence-electron chi connectivity index (χ4n) is 6.07. The number of methoxy groups -OCH3 is 7. The number of benzene rings is 4. The normalized spacial score (nSPS) is 19.1. The Kier molecular flexibility index (Phi) is 14.5. The molecule has 0 N–H and O–H groups in total. The molecule has 1 fully saturated rings. The lowest BCUT2D eigenvalue weighted by molar-refractivity contribution is -0.313. The highest BCUT2D eigenvalue weighted by Gasteiger charge is 2.50. The van der Waals surface area contributed by atoms with E-state index in [1.54, 1.807) is 0 Å². The number of esters is 2.